The van der Waals surface area contributed by atoms with E-state index in [1.807, 2.05) is 11.7 Å². The van der Waals surface area contributed by atoms with Crippen LogP contribution in [0.3, 0.4) is 0 Å². The van der Waals surface area contributed by atoms with E-state index in [2.05, 4.69) is 47.2 Å². The SMILES string of the molecule is Cc1cc2c(NCCc3c(C)nn(C)c3C)ncnc2s1. The van der Waals surface area contributed by atoms with Gasteiger partial charge in [0, 0.05) is 24.2 Å². The number of rotatable bonds is 4. The molecule has 3 rings (SSSR count). The third-order valence-corrected chi connectivity index (χ3v) is 4.74. The second kappa shape index (κ2) is 5.44. The molecule has 0 aliphatic rings. The third kappa shape index (κ3) is 2.63. The first-order chi connectivity index (χ1) is 10.1. The topological polar surface area (TPSA) is 55.6 Å². The van der Waals surface area contributed by atoms with Crippen molar-refractivity contribution in [1.82, 2.24) is 19.7 Å². The fourth-order valence-corrected chi connectivity index (χ4v) is 3.45. The molecule has 0 atom stereocenters. The van der Waals surface area contributed by atoms with Gasteiger partial charge in [-0.3, -0.25) is 4.68 Å². The highest BCUT2D eigenvalue weighted by Gasteiger charge is 2.10. The molecule has 0 unspecified atom stereocenters. The number of aromatic nitrogens is 4. The Morgan fingerprint density at radius 1 is 1.24 bits per heavy atom. The van der Waals surface area contributed by atoms with Crippen LogP contribution in [0.15, 0.2) is 12.4 Å². The van der Waals surface area contributed by atoms with Gasteiger partial charge >= 0.3 is 0 Å². The second-order valence-corrected chi connectivity index (χ2v) is 6.48. The Kier molecular flexibility index (Phi) is 3.63. The number of nitrogens with one attached hydrogen (secondary N) is 1. The highest BCUT2D eigenvalue weighted by molar-refractivity contribution is 7.18. The monoisotopic (exact) mass is 301 g/mol. The van der Waals surface area contributed by atoms with Gasteiger partial charge in [0.15, 0.2) is 0 Å². The standard InChI is InChI=1S/C15H19N5S/c1-9-7-13-14(17-8-18-15(13)21-9)16-6-5-12-10(2)19-20(4)11(12)3/h7-8H,5-6H2,1-4H3,(H,16,17,18). The average molecular weight is 301 g/mol. The molecule has 110 valence electrons. The van der Waals surface area contributed by atoms with E-state index in [0.29, 0.717) is 0 Å². The molecule has 0 aromatic carbocycles. The van der Waals surface area contributed by atoms with Crippen molar-refractivity contribution in [2.45, 2.75) is 27.2 Å². The van der Waals surface area contributed by atoms with Crippen LogP contribution in [0.25, 0.3) is 10.2 Å². The van der Waals surface area contributed by atoms with Crippen LogP contribution in [0.5, 0.6) is 0 Å². The molecule has 0 saturated heterocycles. The lowest BCUT2D eigenvalue weighted by atomic mass is 10.1. The largest absolute Gasteiger partial charge is 0.369 e. The summed E-state index contributed by atoms with van der Waals surface area (Å²) in [4.78, 5) is 11.0. The minimum absolute atomic E-state index is 0.842. The first-order valence-corrected chi connectivity index (χ1v) is 7.82. The molecular weight excluding hydrogens is 282 g/mol. The van der Waals surface area contributed by atoms with Gasteiger partial charge in [-0.2, -0.15) is 5.10 Å². The van der Waals surface area contributed by atoms with Crippen LogP contribution in [0.2, 0.25) is 0 Å². The second-order valence-electron chi connectivity index (χ2n) is 5.25. The van der Waals surface area contributed by atoms with Crippen LogP contribution in [0.4, 0.5) is 5.82 Å². The zero-order valence-electron chi connectivity index (χ0n) is 12.8. The normalized spacial score (nSPS) is 11.2. The molecule has 1 N–H and O–H groups in total. The lowest BCUT2D eigenvalue weighted by Crippen LogP contribution is -2.08. The average Bonchev–Trinajstić information content (AvgIpc) is 2.93. The molecule has 21 heavy (non-hydrogen) atoms. The van der Waals surface area contributed by atoms with Crippen LogP contribution >= 0.6 is 11.3 Å². The smallest absolute Gasteiger partial charge is 0.138 e. The minimum atomic E-state index is 0.842. The summed E-state index contributed by atoms with van der Waals surface area (Å²) in [5.74, 6) is 0.920. The van der Waals surface area contributed by atoms with Crippen molar-refractivity contribution in [3.8, 4) is 0 Å². The highest BCUT2D eigenvalue weighted by Crippen LogP contribution is 2.27. The number of thiophene rings is 1. The molecule has 0 aliphatic heterocycles. The first kappa shape index (κ1) is 14.0. The van der Waals surface area contributed by atoms with E-state index in [0.717, 1.165) is 34.7 Å². The molecule has 6 heteroatoms. The number of aryl methyl sites for hydroxylation is 3. The first-order valence-electron chi connectivity index (χ1n) is 7.00. The van der Waals surface area contributed by atoms with Crippen LogP contribution in [-0.2, 0) is 13.5 Å². The molecule has 5 nitrogen and oxygen atoms in total. The van der Waals surface area contributed by atoms with Crippen molar-refractivity contribution in [3.05, 3.63) is 34.2 Å². The lowest BCUT2D eigenvalue weighted by molar-refractivity contribution is 0.730. The molecule has 3 aromatic rings. The van der Waals surface area contributed by atoms with Gasteiger partial charge in [-0.15, -0.1) is 11.3 Å². The molecule has 0 bridgehead atoms. The Morgan fingerprint density at radius 2 is 2.05 bits per heavy atom. The zero-order valence-corrected chi connectivity index (χ0v) is 13.6. The molecule has 3 aromatic heterocycles. The van der Waals surface area contributed by atoms with Gasteiger partial charge in [0.05, 0.1) is 11.1 Å². The number of hydrogen-bond acceptors (Lipinski definition) is 5. The minimum Gasteiger partial charge on any atom is -0.369 e. The van der Waals surface area contributed by atoms with Gasteiger partial charge in [-0.05, 0) is 38.8 Å². The van der Waals surface area contributed by atoms with E-state index >= 15 is 0 Å². The van der Waals surface area contributed by atoms with Gasteiger partial charge in [0.1, 0.15) is 17.0 Å². The number of nitrogens with zero attached hydrogens (tertiary/aromatic N) is 4. The number of anilines is 1. The van der Waals surface area contributed by atoms with E-state index in [1.165, 1.54) is 16.1 Å². The summed E-state index contributed by atoms with van der Waals surface area (Å²) in [6.07, 6.45) is 2.57. The number of hydrogen-bond donors (Lipinski definition) is 1. The summed E-state index contributed by atoms with van der Waals surface area (Å²) in [6, 6.07) is 2.14. The quantitative estimate of drug-likeness (QED) is 0.805. The van der Waals surface area contributed by atoms with Crippen molar-refractivity contribution in [1.29, 1.82) is 0 Å². The summed E-state index contributed by atoms with van der Waals surface area (Å²) in [6.45, 7) is 7.11. The molecule has 0 amide bonds. The summed E-state index contributed by atoms with van der Waals surface area (Å²) in [5, 5.41) is 9.00. The van der Waals surface area contributed by atoms with Gasteiger partial charge < -0.3 is 5.32 Å². The van der Waals surface area contributed by atoms with E-state index in [1.54, 1.807) is 17.7 Å². The predicted octanol–water partition coefficient (Wildman–Crippen LogP) is 3.00. The van der Waals surface area contributed by atoms with Crippen molar-refractivity contribution in [2.24, 2.45) is 7.05 Å². The fraction of sp³-hybridized carbons (Fsp3) is 0.400. The summed E-state index contributed by atoms with van der Waals surface area (Å²) >= 11 is 1.70. The van der Waals surface area contributed by atoms with E-state index in [4.69, 9.17) is 0 Å². The zero-order chi connectivity index (χ0) is 15.0. The molecule has 0 saturated carbocycles. The summed E-state index contributed by atoms with van der Waals surface area (Å²) < 4.78 is 1.94. The maximum atomic E-state index is 4.45. The third-order valence-electron chi connectivity index (χ3n) is 3.78. The van der Waals surface area contributed by atoms with Crippen LogP contribution in [-0.4, -0.2) is 26.3 Å². The van der Waals surface area contributed by atoms with Gasteiger partial charge in [0.25, 0.3) is 0 Å². The Morgan fingerprint density at radius 3 is 2.76 bits per heavy atom. The van der Waals surface area contributed by atoms with Gasteiger partial charge in [0.2, 0.25) is 0 Å². The Balaban J connectivity index is 1.75. The molecular formula is C15H19N5S. The van der Waals surface area contributed by atoms with Gasteiger partial charge in [-0.25, -0.2) is 9.97 Å². The van der Waals surface area contributed by atoms with E-state index < -0.39 is 0 Å². The van der Waals surface area contributed by atoms with Crippen molar-refractivity contribution in [2.75, 3.05) is 11.9 Å². The summed E-state index contributed by atoms with van der Waals surface area (Å²) in [5.41, 5.74) is 3.65. The summed E-state index contributed by atoms with van der Waals surface area (Å²) in [7, 11) is 1.99. The van der Waals surface area contributed by atoms with Crippen molar-refractivity contribution < 1.29 is 0 Å². The van der Waals surface area contributed by atoms with Crippen molar-refractivity contribution in [3.63, 3.8) is 0 Å². The molecule has 0 aliphatic carbocycles. The molecule has 0 radical (unpaired) electrons. The van der Waals surface area contributed by atoms with Crippen molar-refractivity contribution >= 4 is 27.4 Å². The van der Waals surface area contributed by atoms with E-state index in [9.17, 15) is 0 Å². The molecule has 0 fully saturated rings. The predicted molar refractivity (Wildman–Crippen MR) is 87.0 cm³/mol. The molecule has 3 heterocycles. The molecule has 0 spiro atoms. The maximum absolute atomic E-state index is 4.45. The lowest BCUT2D eigenvalue weighted by Gasteiger charge is -2.07. The van der Waals surface area contributed by atoms with Crippen LogP contribution < -0.4 is 5.32 Å². The fourth-order valence-electron chi connectivity index (χ4n) is 2.60. The Bertz CT molecular complexity index is 787. The number of fused-ring (bicyclic) bond motifs is 1. The Labute approximate surface area is 128 Å². The van der Waals surface area contributed by atoms with E-state index in [-0.39, 0.29) is 0 Å². The van der Waals surface area contributed by atoms with Crippen LogP contribution in [0, 0.1) is 20.8 Å². The highest BCUT2D eigenvalue weighted by atomic mass is 32.1. The maximum Gasteiger partial charge on any atom is 0.138 e. The van der Waals surface area contributed by atoms with Crippen LogP contribution in [0.1, 0.15) is 21.8 Å². The Hall–Kier alpha value is -1.95. The van der Waals surface area contributed by atoms with Gasteiger partial charge in [-0.1, -0.05) is 0 Å².